The number of benzene rings is 2. The summed E-state index contributed by atoms with van der Waals surface area (Å²) >= 11 is 11.9. The van der Waals surface area contributed by atoms with Crippen molar-refractivity contribution in [3.05, 3.63) is 64.7 Å². The lowest BCUT2D eigenvalue weighted by Gasteiger charge is -2.11. The fourth-order valence-corrected chi connectivity index (χ4v) is 2.63. The number of ether oxygens (including phenoxy) is 1. The Hall–Kier alpha value is -2.61. The van der Waals surface area contributed by atoms with Crippen molar-refractivity contribution < 1.29 is 14.2 Å². The molecule has 0 spiro atoms. The van der Waals surface area contributed by atoms with Crippen LogP contribution in [0.1, 0.15) is 0 Å². The zero-order valence-corrected chi connectivity index (χ0v) is 15.4. The average molecular weight is 409 g/mol. The fourth-order valence-electron chi connectivity index (χ4n) is 2.21. The zero-order chi connectivity index (χ0) is 19.2. The van der Waals surface area contributed by atoms with Gasteiger partial charge >= 0.3 is 0 Å². The molecule has 0 fully saturated rings. The van der Waals surface area contributed by atoms with E-state index in [0.29, 0.717) is 33.8 Å². The molecule has 3 rings (SSSR count). The summed E-state index contributed by atoms with van der Waals surface area (Å²) in [4.78, 5) is 8.28. The van der Waals surface area contributed by atoms with Crippen molar-refractivity contribution in [1.82, 2.24) is 9.97 Å². The van der Waals surface area contributed by atoms with Crippen molar-refractivity contribution in [1.29, 1.82) is 0 Å². The first-order valence-corrected chi connectivity index (χ1v) is 8.65. The van der Waals surface area contributed by atoms with Gasteiger partial charge in [-0.2, -0.15) is 0 Å². The Morgan fingerprint density at radius 2 is 1.56 bits per heavy atom. The number of aliphatic hydroxyl groups excluding tert-OH is 1. The molecule has 1 aromatic heterocycles. The highest BCUT2D eigenvalue weighted by molar-refractivity contribution is 6.32. The summed E-state index contributed by atoms with van der Waals surface area (Å²) in [6.07, 6.45) is 1.39. The van der Waals surface area contributed by atoms with E-state index in [1.54, 1.807) is 30.3 Å². The van der Waals surface area contributed by atoms with Crippen molar-refractivity contribution in [3.8, 4) is 5.75 Å². The van der Waals surface area contributed by atoms with Crippen molar-refractivity contribution >= 4 is 46.2 Å². The van der Waals surface area contributed by atoms with Crippen LogP contribution in [-0.2, 0) is 0 Å². The Morgan fingerprint density at radius 1 is 0.926 bits per heavy atom. The molecule has 0 bridgehead atoms. The molecule has 0 saturated carbocycles. The smallest absolute Gasteiger partial charge is 0.141 e. The van der Waals surface area contributed by atoms with Gasteiger partial charge in [0.15, 0.2) is 0 Å². The summed E-state index contributed by atoms with van der Waals surface area (Å²) in [7, 11) is 0. The van der Waals surface area contributed by atoms with Gasteiger partial charge in [0.1, 0.15) is 36.1 Å². The van der Waals surface area contributed by atoms with Crippen LogP contribution in [0.25, 0.3) is 0 Å². The minimum absolute atomic E-state index is 0.0190. The number of halogens is 3. The van der Waals surface area contributed by atoms with Crippen LogP contribution in [0.4, 0.5) is 27.4 Å². The van der Waals surface area contributed by atoms with Gasteiger partial charge in [-0.1, -0.05) is 23.2 Å². The monoisotopic (exact) mass is 408 g/mol. The van der Waals surface area contributed by atoms with Crippen molar-refractivity contribution in [3.63, 3.8) is 0 Å². The van der Waals surface area contributed by atoms with Crippen LogP contribution >= 0.6 is 23.2 Å². The molecule has 0 unspecified atom stereocenters. The number of nitrogens with zero attached hydrogens (tertiary/aromatic N) is 2. The SMILES string of the molecule is OCCOc1ccc(Nc2cc(Nc3ccc(F)c(Cl)c3)ncn2)cc1Cl. The van der Waals surface area contributed by atoms with Gasteiger partial charge in [-0.15, -0.1) is 0 Å². The number of aromatic nitrogens is 2. The molecule has 6 nitrogen and oxygen atoms in total. The van der Waals surface area contributed by atoms with E-state index in [2.05, 4.69) is 20.6 Å². The van der Waals surface area contributed by atoms with E-state index in [9.17, 15) is 4.39 Å². The molecule has 0 radical (unpaired) electrons. The van der Waals surface area contributed by atoms with Gasteiger partial charge in [0, 0.05) is 17.4 Å². The third kappa shape index (κ3) is 5.19. The number of aliphatic hydroxyl groups is 1. The summed E-state index contributed by atoms with van der Waals surface area (Å²) in [5.41, 5.74) is 1.30. The number of hydrogen-bond donors (Lipinski definition) is 3. The van der Waals surface area contributed by atoms with E-state index >= 15 is 0 Å². The van der Waals surface area contributed by atoms with Gasteiger partial charge in [0.05, 0.1) is 16.7 Å². The fraction of sp³-hybridized carbons (Fsp3) is 0.111. The normalized spacial score (nSPS) is 10.5. The van der Waals surface area contributed by atoms with E-state index in [1.165, 1.54) is 18.5 Å². The van der Waals surface area contributed by atoms with E-state index in [4.69, 9.17) is 33.0 Å². The molecule has 3 aromatic rings. The molecule has 0 atom stereocenters. The van der Waals surface area contributed by atoms with Crippen LogP contribution < -0.4 is 15.4 Å². The van der Waals surface area contributed by atoms with E-state index in [0.717, 1.165) is 0 Å². The molecular formula is C18H15Cl2FN4O2. The Labute approximate surface area is 164 Å². The van der Waals surface area contributed by atoms with Gasteiger partial charge in [-0.05, 0) is 36.4 Å². The van der Waals surface area contributed by atoms with Gasteiger partial charge < -0.3 is 20.5 Å². The summed E-state index contributed by atoms with van der Waals surface area (Å²) in [6.45, 7) is 0.0765. The van der Waals surface area contributed by atoms with Gasteiger partial charge in [0.25, 0.3) is 0 Å². The molecule has 3 N–H and O–H groups in total. The molecule has 0 saturated heterocycles. The molecule has 9 heteroatoms. The topological polar surface area (TPSA) is 79.3 Å². The van der Waals surface area contributed by atoms with E-state index in [-0.39, 0.29) is 18.2 Å². The van der Waals surface area contributed by atoms with Gasteiger partial charge in [-0.3, -0.25) is 0 Å². The van der Waals surface area contributed by atoms with Crippen LogP contribution in [0.5, 0.6) is 5.75 Å². The number of rotatable bonds is 7. The molecule has 0 amide bonds. The molecular weight excluding hydrogens is 394 g/mol. The predicted octanol–water partition coefficient (Wildman–Crippen LogP) is 4.78. The van der Waals surface area contributed by atoms with Crippen molar-refractivity contribution in [2.45, 2.75) is 0 Å². The largest absolute Gasteiger partial charge is 0.490 e. The van der Waals surface area contributed by atoms with Crippen molar-refractivity contribution in [2.75, 3.05) is 23.8 Å². The van der Waals surface area contributed by atoms with Crippen LogP contribution in [0.15, 0.2) is 48.8 Å². The first-order chi connectivity index (χ1) is 13.0. The summed E-state index contributed by atoms with van der Waals surface area (Å²) in [5.74, 6) is 1.02. The second-order valence-corrected chi connectivity index (χ2v) is 6.20. The quantitative estimate of drug-likeness (QED) is 0.521. The van der Waals surface area contributed by atoms with Crippen LogP contribution in [0.3, 0.4) is 0 Å². The minimum atomic E-state index is -0.490. The molecule has 2 aromatic carbocycles. The Kier molecular flexibility index (Phi) is 6.28. The highest BCUT2D eigenvalue weighted by Gasteiger charge is 2.06. The van der Waals surface area contributed by atoms with Crippen LogP contribution in [-0.4, -0.2) is 28.3 Å². The first-order valence-electron chi connectivity index (χ1n) is 7.89. The second kappa shape index (κ2) is 8.85. The lowest BCUT2D eigenvalue weighted by atomic mass is 10.3. The Balaban J connectivity index is 1.72. The van der Waals surface area contributed by atoms with E-state index in [1.807, 2.05) is 0 Å². The molecule has 140 valence electrons. The second-order valence-electron chi connectivity index (χ2n) is 5.38. The van der Waals surface area contributed by atoms with E-state index < -0.39 is 5.82 Å². The highest BCUT2D eigenvalue weighted by Crippen LogP contribution is 2.29. The summed E-state index contributed by atoms with van der Waals surface area (Å²) in [6, 6.07) is 11.1. The maximum Gasteiger partial charge on any atom is 0.141 e. The number of nitrogens with one attached hydrogen (secondary N) is 2. The minimum Gasteiger partial charge on any atom is -0.490 e. The average Bonchev–Trinajstić information content (AvgIpc) is 2.64. The number of anilines is 4. The molecule has 0 aliphatic carbocycles. The lowest BCUT2D eigenvalue weighted by Crippen LogP contribution is -2.02. The van der Waals surface area contributed by atoms with Crippen molar-refractivity contribution in [2.24, 2.45) is 0 Å². The molecule has 0 aliphatic rings. The van der Waals surface area contributed by atoms with Gasteiger partial charge in [0.2, 0.25) is 0 Å². The Bertz CT molecular complexity index is 943. The third-order valence-corrected chi connectivity index (χ3v) is 4.00. The maximum absolute atomic E-state index is 13.2. The Morgan fingerprint density at radius 3 is 2.15 bits per heavy atom. The molecule has 0 aliphatic heterocycles. The highest BCUT2D eigenvalue weighted by atomic mass is 35.5. The summed E-state index contributed by atoms with van der Waals surface area (Å²) < 4.78 is 18.6. The van der Waals surface area contributed by atoms with Gasteiger partial charge in [-0.25, -0.2) is 14.4 Å². The summed E-state index contributed by atoms with van der Waals surface area (Å²) in [5, 5.41) is 15.4. The van der Waals surface area contributed by atoms with Crippen LogP contribution in [0.2, 0.25) is 10.0 Å². The predicted molar refractivity (Wildman–Crippen MR) is 104 cm³/mol. The van der Waals surface area contributed by atoms with Crippen LogP contribution in [0, 0.1) is 5.82 Å². The number of hydrogen-bond acceptors (Lipinski definition) is 6. The molecule has 1 heterocycles. The maximum atomic E-state index is 13.2. The molecule has 27 heavy (non-hydrogen) atoms. The first kappa shape index (κ1) is 19.2. The zero-order valence-electron chi connectivity index (χ0n) is 13.9. The lowest BCUT2D eigenvalue weighted by molar-refractivity contribution is 0.201. The standard InChI is InChI=1S/C18H15Cl2FN4O2/c19-13-7-11(1-3-15(13)21)24-17-9-18(23-10-22-17)25-12-2-4-16(14(20)8-12)27-6-5-26/h1-4,7-10,26H,5-6H2,(H2,22,23,24,25). The third-order valence-electron chi connectivity index (χ3n) is 3.41.